The highest BCUT2D eigenvalue weighted by Gasteiger charge is 2.38. The minimum absolute atomic E-state index is 0.0483. The van der Waals surface area contributed by atoms with Crippen molar-refractivity contribution in [2.75, 3.05) is 5.75 Å². The molecule has 0 unspecified atom stereocenters. The summed E-state index contributed by atoms with van der Waals surface area (Å²) in [5, 5.41) is 5.44. The van der Waals surface area contributed by atoms with Crippen LogP contribution in [0.3, 0.4) is 0 Å². The second-order valence-electron chi connectivity index (χ2n) is 7.47. The van der Waals surface area contributed by atoms with Crippen LogP contribution >= 0.6 is 11.8 Å². The van der Waals surface area contributed by atoms with Gasteiger partial charge in [-0.05, 0) is 31.7 Å². The molecular weight excluding hydrogens is 356 g/mol. The predicted molar refractivity (Wildman–Crippen MR) is 111 cm³/mol. The number of thioether (sulfide) groups is 1. The van der Waals surface area contributed by atoms with Crippen molar-refractivity contribution in [3.8, 4) is 11.3 Å². The molecule has 3 aromatic rings. The van der Waals surface area contributed by atoms with Crippen molar-refractivity contribution in [1.29, 1.82) is 0 Å². The van der Waals surface area contributed by atoms with Crippen molar-refractivity contribution < 1.29 is 0 Å². The van der Waals surface area contributed by atoms with Crippen LogP contribution in [-0.2, 0) is 18.4 Å². The van der Waals surface area contributed by atoms with Crippen LogP contribution in [0.1, 0.15) is 51.7 Å². The molecule has 0 fully saturated rings. The van der Waals surface area contributed by atoms with E-state index in [-0.39, 0.29) is 11.0 Å². The predicted octanol–water partition coefficient (Wildman–Crippen LogP) is 4.30. The Morgan fingerprint density at radius 1 is 1.22 bits per heavy atom. The third-order valence-electron chi connectivity index (χ3n) is 5.67. The van der Waals surface area contributed by atoms with Crippen LogP contribution in [0.15, 0.2) is 34.2 Å². The Balaban J connectivity index is 2.10. The van der Waals surface area contributed by atoms with Crippen LogP contribution in [0.5, 0.6) is 0 Å². The summed E-state index contributed by atoms with van der Waals surface area (Å²) in [6.07, 6.45) is 2.81. The molecular formula is C21H26N4OS. The second kappa shape index (κ2) is 6.82. The summed E-state index contributed by atoms with van der Waals surface area (Å²) in [5.41, 5.74) is 3.88. The number of hydrogen-bond acceptors (Lipinski definition) is 4. The Labute approximate surface area is 163 Å². The first-order chi connectivity index (χ1) is 13.0. The summed E-state index contributed by atoms with van der Waals surface area (Å²) >= 11 is 1.64. The molecule has 1 aliphatic rings. The van der Waals surface area contributed by atoms with Crippen molar-refractivity contribution in [2.24, 2.45) is 0 Å². The molecule has 1 atom stereocenters. The minimum Gasteiger partial charge on any atom is -0.268 e. The highest BCUT2D eigenvalue weighted by atomic mass is 32.2. The van der Waals surface area contributed by atoms with Gasteiger partial charge in [-0.3, -0.25) is 4.79 Å². The third-order valence-corrected chi connectivity index (χ3v) is 6.80. The zero-order valence-corrected chi connectivity index (χ0v) is 17.3. The zero-order valence-electron chi connectivity index (χ0n) is 16.5. The van der Waals surface area contributed by atoms with Crippen LogP contribution in [0.2, 0.25) is 0 Å². The van der Waals surface area contributed by atoms with Gasteiger partial charge in [0.1, 0.15) is 0 Å². The van der Waals surface area contributed by atoms with Crippen molar-refractivity contribution in [1.82, 2.24) is 19.2 Å². The van der Waals surface area contributed by atoms with Gasteiger partial charge in [0.2, 0.25) is 5.78 Å². The van der Waals surface area contributed by atoms with E-state index >= 15 is 0 Å². The highest BCUT2D eigenvalue weighted by Crippen LogP contribution is 2.42. The highest BCUT2D eigenvalue weighted by molar-refractivity contribution is 7.99. The molecule has 0 radical (unpaired) electrons. The molecule has 5 nitrogen and oxygen atoms in total. The van der Waals surface area contributed by atoms with Gasteiger partial charge in [0.15, 0.2) is 5.16 Å². The van der Waals surface area contributed by atoms with Gasteiger partial charge in [-0.25, -0.2) is 14.1 Å². The van der Waals surface area contributed by atoms with Crippen molar-refractivity contribution in [2.45, 2.75) is 64.1 Å². The van der Waals surface area contributed by atoms with Crippen LogP contribution in [0.4, 0.5) is 0 Å². The summed E-state index contributed by atoms with van der Waals surface area (Å²) in [4.78, 5) is 18.7. The maximum atomic E-state index is 13.7. The number of benzene rings is 1. The Kier molecular flexibility index (Phi) is 4.62. The summed E-state index contributed by atoms with van der Waals surface area (Å²) < 4.78 is 3.59. The topological polar surface area (TPSA) is 52.2 Å². The first kappa shape index (κ1) is 18.3. The molecule has 2 heterocycles. The number of aryl methyl sites for hydroxylation is 1. The largest absolute Gasteiger partial charge is 0.268 e. The minimum atomic E-state index is -0.212. The number of rotatable bonds is 5. The van der Waals surface area contributed by atoms with Gasteiger partial charge in [0.25, 0.3) is 5.56 Å². The Morgan fingerprint density at radius 3 is 2.70 bits per heavy atom. The average molecular weight is 383 g/mol. The molecule has 1 aliphatic carbocycles. The van der Waals surface area contributed by atoms with Crippen LogP contribution in [0.25, 0.3) is 17.0 Å². The van der Waals surface area contributed by atoms with Gasteiger partial charge >= 0.3 is 0 Å². The van der Waals surface area contributed by atoms with E-state index < -0.39 is 0 Å². The fourth-order valence-electron chi connectivity index (χ4n) is 4.00. The van der Waals surface area contributed by atoms with E-state index in [1.165, 1.54) is 5.56 Å². The maximum absolute atomic E-state index is 13.7. The molecule has 2 aromatic heterocycles. The van der Waals surface area contributed by atoms with Gasteiger partial charge in [0, 0.05) is 23.3 Å². The molecule has 4 rings (SSSR count). The monoisotopic (exact) mass is 382 g/mol. The lowest BCUT2D eigenvalue weighted by atomic mass is 9.69. The molecule has 27 heavy (non-hydrogen) atoms. The zero-order chi connectivity index (χ0) is 19.2. The van der Waals surface area contributed by atoms with Crippen LogP contribution < -0.4 is 5.56 Å². The molecule has 0 saturated heterocycles. The van der Waals surface area contributed by atoms with Gasteiger partial charge in [-0.15, -0.1) is 5.10 Å². The summed E-state index contributed by atoms with van der Waals surface area (Å²) in [6, 6.07) is 8.35. The van der Waals surface area contributed by atoms with Gasteiger partial charge in [-0.2, -0.15) is 0 Å². The quantitative estimate of drug-likeness (QED) is 0.617. The lowest BCUT2D eigenvalue weighted by molar-refractivity contribution is 0.439. The molecule has 0 spiro atoms. The molecule has 0 aliphatic heterocycles. The summed E-state index contributed by atoms with van der Waals surface area (Å²) in [7, 11) is 0. The first-order valence-electron chi connectivity index (χ1n) is 9.79. The van der Waals surface area contributed by atoms with Crippen molar-refractivity contribution in [3.05, 3.63) is 45.7 Å². The van der Waals surface area contributed by atoms with Crippen molar-refractivity contribution in [3.63, 3.8) is 0 Å². The van der Waals surface area contributed by atoms with Crippen LogP contribution in [-0.4, -0.2) is 24.9 Å². The normalized spacial score (nSPS) is 18.5. The third kappa shape index (κ3) is 2.73. The van der Waals surface area contributed by atoms with Gasteiger partial charge in [0.05, 0.1) is 11.3 Å². The van der Waals surface area contributed by atoms with E-state index in [0.29, 0.717) is 12.3 Å². The molecule has 0 saturated carbocycles. The lowest BCUT2D eigenvalue weighted by Crippen LogP contribution is -2.37. The van der Waals surface area contributed by atoms with Gasteiger partial charge < -0.3 is 0 Å². The fourth-order valence-corrected chi connectivity index (χ4v) is 4.84. The molecule has 0 N–H and O–H groups in total. The van der Waals surface area contributed by atoms with Crippen molar-refractivity contribution >= 4 is 17.5 Å². The number of hydrogen-bond donors (Lipinski definition) is 0. The fraction of sp³-hybridized carbons (Fsp3) is 0.476. The second-order valence-corrected chi connectivity index (χ2v) is 8.53. The number of nitrogens with zero attached hydrogens (tertiary/aromatic N) is 4. The lowest BCUT2D eigenvalue weighted by Gasteiger charge is -2.35. The Hall–Kier alpha value is -2.08. The number of fused-ring (bicyclic) bond motifs is 4. The summed E-state index contributed by atoms with van der Waals surface area (Å²) in [6.45, 7) is 9.22. The molecule has 1 aromatic carbocycles. The average Bonchev–Trinajstić information content (AvgIpc) is 3.04. The van der Waals surface area contributed by atoms with E-state index in [2.05, 4.69) is 44.1 Å². The molecule has 142 valence electrons. The maximum Gasteiger partial charge on any atom is 0.265 e. The molecule has 6 heteroatoms. The van der Waals surface area contributed by atoms with E-state index in [0.717, 1.165) is 47.0 Å². The summed E-state index contributed by atoms with van der Waals surface area (Å²) in [5.74, 6) is 1.59. The number of aromatic nitrogens is 4. The Morgan fingerprint density at radius 2 is 2.00 bits per heavy atom. The van der Waals surface area contributed by atoms with E-state index in [1.54, 1.807) is 16.2 Å². The van der Waals surface area contributed by atoms with Gasteiger partial charge in [-0.1, -0.05) is 56.8 Å². The molecule has 0 amide bonds. The van der Waals surface area contributed by atoms with E-state index in [1.807, 2.05) is 17.7 Å². The Bertz CT molecular complexity index is 1070. The van der Waals surface area contributed by atoms with E-state index in [4.69, 9.17) is 4.98 Å². The smallest absolute Gasteiger partial charge is 0.265 e. The standard InChI is InChI=1S/C21H26N4OS/c1-5-12-27-20-23-24(7-3)19-22-17-15-11-9-8-10-14(15)13-21(4,6-2)16(17)18(26)25(19)20/h8-11H,5-7,12-13H2,1-4H3/t21-/m0/s1. The van der Waals surface area contributed by atoms with E-state index in [9.17, 15) is 4.79 Å². The SMILES string of the molecule is CCCSc1nn(CC)c2nc3c(c(=O)n12)[C@@](C)(CC)Cc1ccccc1-3. The first-order valence-corrected chi connectivity index (χ1v) is 10.8. The molecule has 0 bridgehead atoms. The van der Waals surface area contributed by atoms with Crippen LogP contribution in [0, 0.1) is 0 Å².